The molecule has 5 heteroatoms. The SMILES string of the molecule is CCc1ccc(-c2noc(-c3cc(N)ccc3Cl)n2)cc1. The second-order valence-electron chi connectivity index (χ2n) is 4.71. The second kappa shape index (κ2) is 5.58. The van der Waals surface area contributed by atoms with Gasteiger partial charge in [0.1, 0.15) is 0 Å². The molecule has 1 aromatic heterocycles. The van der Waals surface area contributed by atoms with E-state index < -0.39 is 0 Å². The fraction of sp³-hybridized carbons (Fsp3) is 0.125. The molecular formula is C16H14ClN3O. The van der Waals surface area contributed by atoms with Crippen molar-refractivity contribution < 1.29 is 4.52 Å². The molecular weight excluding hydrogens is 286 g/mol. The van der Waals surface area contributed by atoms with Crippen LogP contribution in [0.5, 0.6) is 0 Å². The molecule has 21 heavy (non-hydrogen) atoms. The average molecular weight is 300 g/mol. The molecule has 0 aliphatic heterocycles. The van der Waals surface area contributed by atoms with Crippen LogP contribution >= 0.6 is 11.6 Å². The Morgan fingerprint density at radius 2 is 1.90 bits per heavy atom. The normalized spacial score (nSPS) is 10.8. The van der Waals surface area contributed by atoms with Gasteiger partial charge in [-0.1, -0.05) is 47.9 Å². The lowest BCUT2D eigenvalue weighted by molar-refractivity contribution is 0.432. The second-order valence-corrected chi connectivity index (χ2v) is 5.12. The van der Waals surface area contributed by atoms with Gasteiger partial charge in [-0.05, 0) is 30.2 Å². The summed E-state index contributed by atoms with van der Waals surface area (Å²) in [5.41, 5.74) is 9.17. The number of halogens is 1. The van der Waals surface area contributed by atoms with E-state index in [1.807, 2.05) is 12.1 Å². The largest absolute Gasteiger partial charge is 0.399 e. The highest BCUT2D eigenvalue weighted by molar-refractivity contribution is 6.33. The van der Waals surface area contributed by atoms with Gasteiger partial charge in [0.25, 0.3) is 5.89 Å². The molecule has 0 spiro atoms. The predicted molar refractivity (Wildman–Crippen MR) is 84.0 cm³/mol. The Balaban J connectivity index is 1.97. The van der Waals surface area contributed by atoms with Gasteiger partial charge in [0, 0.05) is 11.3 Å². The Morgan fingerprint density at radius 3 is 2.62 bits per heavy atom. The van der Waals surface area contributed by atoms with Crippen LogP contribution < -0.4 is 5.73 Å². The monoisotopic (exact) mass is 299 g/mol. The Kier molecular flexibility index (Phi) is 3.62. The number of nitrogen functional groups attached to an aromatic ring is 1. The summed E-state index contributed by atoms with van der Waals surface area (Å²) in [6.07, 6.45) is 0.997. The van der Waals surface area contributed by atoms with E-state index in [2.05, 4.69) is 29.2 Å². The maximum absolute atomic E-state index is 6.14. The van der Waals surface area contributed by atoms with Gasteiger partial charge in [-0.2, -0.15) is 4.98 Å². The van der Waals surface area contributed by atoms with Crippen molar-refractivity contribution in [3.05, 3.63) is 53.1 Å². The fourth-order valence-electron chi connectivity index (χ4n) is 2.05. The third-order valence-corrected chi connectivity index (χ3v) is 3.60. The summed E-state index contributed by atoms with van der Waals surface area (Å²) in [6, 6.07) is 13.2. The van der Waals surface area contributed by atoms with Crippen LogP contribution in [0.1, 0.15) is 12.5 Å². The summed E-state index contributed by atoms with van der Waals surface area (Å²) in [6.45, 7) is 2.11. The summed E-state index contributed by atoms with van der Waals surface area (Å²) in [4.78, 5) is 4.39. The highest BCUT2D eigenvalue weighted by Gasteiger charge is 2.13. The molecule has 0 aliphatic carbocycles. The third kappa shape index (κ3) is 2.76. The van der Waals surface area contributed by atoms with Crippen molar-refractivity contribution in [3.63, 3.8) is 0 Å². The molecule has 3 aromatic rings. The number of nitrogens with two attached hydrogens (primary N) is 1. The first-order valence-electron chi connectivity index (χ1n) is 6.66. The molecule has 2 N–H and O–H groups in total. The summed E-state index contributed by atoms with van der Waals surface area (Å²) in [5, 5.41) is 4.53. The molecule has 0 fully saturated rings. The van der Waals surface area contributed by atoms with E-state index >= 15 is 0 Å². The minimum Gasteiger partial charge on any atom is -0.399 e. The predicted octanol–water partition coefficient (Wildman–Crippen LogP) is 4.20. The maximum Gasteiger partial charge on any atom is 0.259 e. The Morgan fingerprint density at radius 1 is 1.14 bits per heavy atom. The summed E-state index contributed by atoms with van der Waals surface area (Å²) >= 11 is 6.14. The quantitative estimate of drug-likeness (QED) is 0.736. The summed E-state index contributed by atoms with van der Waals surface area (Å²) in [5.74, 6) is 0.896. The Bertz CT molecular complexity index is 765. The van der Waals surface area contributed by atoms with Gasteiger partial charge in [-0.3, -0.25) is 0 Å². The van der Waals surface area contributed by atoms with E-state index in [0.29, 0.717) is 28.0 Å². The topological polar surface area (TPSA) is 64.9 Å². The average Bonchev–Trinajstić information content (AvgIpc) is 2.99. The van der Waals surface area contributed by atoms with Gasteiger partial charge in [-0.15, -0.1) is 0 Å². The lowest BCUT2D eigenvalue weighted by Gasteiger charge is -1.99. The zero-order valence-electron chi connectivity index (χ0n) is 11.5. The lowest BCUT2D eigenvalue weighted by Crippen LogP contribution is -1.87. The highest BCUT2D eigenvalue weighted by atomic mass is 35.5. The number of aromatic nitrogens is 2. The number of benzene rings is 2. The van der Waals surface area contributed by atoms with Gasteiger partial charge >= 0.3 is 0 Å². The van der Waals surface area contributed by atoms with Crippen LogP contribution in [0.2, 0.25) is 5.02 Å². The van der Waals surface area contributed by atoms with E-state index in [4.69, 9.17) is 21.9 Å². The summed E-state index contributed by atoms with van der Waals surface area (Å²) in [7, 11) is 0. The minimum absolute atomic E-state index is 0.363. The van der Waals surface area contributed by atoms with Crippen molar-refractivity contribution in [2.45, 2.75) is 13.3 Å². The van der Waals surface area contributed by atoms with Crippen molar-refractivity contribution in [2.24, 2.45) is 0 Å². The van der Waals surface area contributed by atoms with Crippen LogP contribution in [0.3, 0.4) is 0 Å². The maximum atomic E-state index is 6.14. The number of nitrogens with zero attached hydrogens (tertiary/aromatic N) is 2. The zero-order chi connectivity index (χ0) is 14.8. The molecule has 106 valence electrons. The third-order valence-electron chi connectivity index (χ3n) is 3.27. The number of aryl methyl sites for hydroxylation is 1. The number of hydrogen-bond acceptors (Lipinski definition) is 4. The fourth-order valence-corrected chi connectivity index (χ4v) is 2.24. The van der Waals surface area contributed by atoms with Gasteiger partial charge in [0.15, 0.2) is 0 Å². The first-order chi connectivity index (χ1) is 10.2. The first-order valence-corrected chi connectivity index (χ1v) is 7.03. The Labute approximate surface area is 127 Å². The molecule has 2 aromatic carbocycles. The van der Waals surface area contributed by atoms with Crippen LogP contribution in [0.4, 0.5) is 5.69 Å². The van der Waals surface area contributed by atoms with Crippen LogP contribution in [-0.4, -0.2) is 10.1 Å². The van der Waals surface area contributed by atoms with Gasteiger partial charge in [-0.25, -0.2) is 0 Å². The smallest absolute Gasteiger partial charge is 0.259 e. The van der Waals surface area contributed by atoms with Crippen LogP contribution in [0.25, 0.3) is 22.8 Å². The van der Waals surface area contributed by atoms with Gasteiger partial charge in [0.2, 0.25) is 5.82 Å². The molecule has 0 saturated carbocycles. The van der Waals surface area contributed by atoms with Crippen molar-refractivity contribution >= 4 is 17.3 Å². The molecule has 0 bridgehead atoms. The lowest BCUT2D eigenvalue weighted by atomic mass is 10.1. The summed E-state index contributed by atoms with van der Waals surface area (Å²) < 4.78 is 5.30. The molecule has 0 unspecified atom stereocenters. The van der Waals surface area contributed by atoms with Crippen molar-refractivity contribution in [3.8, 4) is 22.8 Å². The number of anilines is 1. The van der Waals surface area contributed by atoms with Crippen LogP contribution in [0.15, 0.2) is 47.0 Å². The number of hydrogen-bond donors (Lipinski definition) is 1. The van der Waals surface area contributed by atoms with E-state index in [9.17, 15) is 0 Å². The highest BCUT2D eigenvalue weighted by Crippen LogP contribution is 2.30. The molecule has 0 amide bonds. The van der Waals surface area contributed by atoms with Crippen molar-refractivity contribution in [1.82, 2.24) is 10.1 Å². The van der Waals surface area contributed by atoms with Crippen molar-refractivity contribution in [2.75, 3.05) is 5.73 Å². The molecule has 0 atom stereocenters. The molecule has 1 heterocycles. The minimum atomic E-state index is 0.363. The van der Waals surface area contributed by atoms with E-state index in [1.54, 1.807) is 18.2 Å². The molecule has 0 radical (unpaired) electrons. The van der Waals surface area contributed by atoms with E-state index in [1.165, 1.54) is 5.56 Å². The van der Waals surface area contributed by atoms with E-state index in [0.717, 1.165) is 12.0 Å². The van der Waals surface area contributed by atoms with Crippen LogP contribution in [-0.2, 0) is 6.42 Å². The molecule has 4 nitrogen and oxygen atoms in total. The molecule has 0 saturated heterocycles. The van der Waals surface area contributed by atoms with Crippen molar-refractivity contribution in [1.29, 1.82) is 0 Å². The standard InChI is InChI=1S/C16H14ClN3O/c1-2-10-3-5-11(6-4-10)15-19-16(21-20-15)13-9-12(18)7-8-14(13)17/h3-9H,2,18H2,1H3. The molecule has 3 rings (SSSR count). The van der Waals surface area contributed by atoms with Crippen LogP contribution in [0, 0.1) is 0 Å². The first kappa shape index (κ1) is 13.6. The van der Waals surface area contributed by atoms with Gasteiger partial charge in [0.05, 0.1) is 10.6 Å². The van der Waals surface area contributed by atoms with E-state index in [-0.39, 0.29) is 0 Å². The number of rotatable bonds is 3. The van der Waals surface area contributed by atoms with Gasteiger partial charge < -0.3 is 10.3 Å². The molecule has 0 aliphatic rings. The Hall–Kier alpha value is -2.33. The zero-order valence-corrected chi connectivity index (χ0v) is 12.3.